The molecule has 0 bridgehead atoms. The first-order valence-electron chi connectivity index (χ1n) is 7.10. The maximum atomic E-state index is 12.1. The lowest BCUT2D eigenvalue weighted by Crippen LogP contribution is -2.22. The highest BCUT2D eigenvalue weighted by molar-refractivity contribution is 7.18. The van der Waals surface area contributed by atoms with E-state index in [4.69, 9.17) is 16.3 Å². The van der Waals surface area contributed by atoms with Crippen molar-refractivity contribution in [1.82, 2.24) is 0 Å². The normalized spacial score (nSPS) is 17.7. The van der Waals surface area contributed by atoms with Crippen LogP contribution in [0.25, 0.3) is 0 Å². The Balaban J connectivity index is 1.63. The smallest absolute Gasteiger partial charge is 0.265 e. The molecule has 1 aliphatic rings. The maximum Gasteiger partial charge on any atom is 0.265 e. The highest BCUT2D eigenvalue weighted by atomic mass is 35.5. The number of benzene rings is 1. The average molecular weight is 337 g/mol. The molecule has 4 nitrogen and oxygen atoms in total. The highest BCUT2D eigenvalue weighted by Crippen LogP contribution is 2.25. The van der Waals surface area contributed by atoms with Gasteiger partial charge in [-0.15, -0.1) is 11.3 Å². The maximum absolute atomic E-state index is 12.1. The third kappa shape index (κ3) is 3.43. The summed E-state index contributed by atoms with van der Waals surface area (Å²) in [5, 5.41) is 2.88. The molecule has 2 aromatic rings. The summed E-state index contributed by atoms with van der Waals surface area (Å²) < 4.78 is 6.00. The molecule has 0 spiro atoms. The number of carbonyl (C=O) groups is 1. The van der Waals surface area contributed by atoms with Gasteiger partial charge in [-0.1, -0.05) is 11.6 Å². The Bertz CT molecular complexity index is 656. The van der Waals surface area contributed by atoms with Gasteiger partial charge in [0.1, 0.15) is 0 Å². The van der Waals surface area contributed by atoms with Crippen molar-refractivity contribution in [1.29, 1.82) is 0 Å². The van der Waals surface area contributed by atoms with Crippen LogP contribution in [-0.2, 0) is 4.74 Å². The summed E-state index contributed by atoms with van der Waals surface area (Å²) in [5.41, 5.74) is 1.93. The number of amides is 1. The van der Waals surface area contributed by atoms with Crippen LogP contribution in [0, 0.1) is 0 Å². The fourth-order valence-electron chi connectivity index (χ4n) is 2.54. The summed E-state index contributed by atoms with van der Waals surface area (Å²) >= 11 is 7.12. The molecule has 1 N–H and O–H groups in total. The summed E-state index contributed by atoms with van der Waals surface area (Å²) in [7, 11) is 1.75. The lowest BCUT2D eigenvalue weighted by molar-refractivity contribution is 0.103. The number of hydrogen-bond acceptors (Lipinski definition) is 4. The van der Waals surface area contributed by atoms with Gasteiger partial charge in [0.25, 0.3) is 5.91 Å². The van der Waals surface area contributed by atoms with Crippen molar-refractivity contribution in [3.8, 4) is 0 Å². The Kier molecular flexibility index (Phi) is 4.66. The minimum Gasteiger partial charge on any atom is -0.380 e. The molecule has 22 heavy (non-hydrogen) atoms. The lowest BCUT2D eigenvalue weighted by atomic mass is 10.2. The largest absolute Gasteiger partial charge is 0.380 e. The number of anilines is 2. The van der Waals surface area contributed by atoms with E-state index in [0.29, 0.717) is 15.3 Å². The average Bonchev–Trinajstić information content (AvgIpc) is 3.17. The molecule has 6 heteroatoms. The predicted molar refractivity (Wildman–Crippen MR) is 91.4 cm³/mol. The monoisotopic (exact) mass is 336 g/mol. The van der Waals surface area contributed by atoms with Gasteiger partial charge < -0.3 is 15.0 Å². The van der Waals surface area contributed by atoms with Crippen molar-refractivity contribution in [2.45, 2.75) is 12.5 Å². The first-order valence-corrected chi connectivity index (χ1v) is 8.29. The van der Waals surface area contributed by atoms with Gasteiger partial charge in [0.2, 0.25) is 0 Å². The van der Waals surface area contributed by atoms with Crippen molar-refractivity contribution in [3.63, 3.8) is 0 Å². The molecule has 1 aromatic heterocycles. The van der Waals surface area contributed by atoms with Gasteiger partial charge in [0, 0.05) is 31.6 Å². The molecule has 1 aliphatic heterocycles. The van der Waals surface area contributed by atoms with Crippen LogP contribution in [-0.4, -0.2) is 32.2 Å². The van der Waals surface area contributed by atoms with E-state index in [0.717, 1.165) is 30.9 Å². The van der Waals surface area contributed by atoms with E-state index < -0.39 is 0 Å². The predicted octanol–water partition coefficient (Wildman–Crippen LogP) is 3.88. The van der Waals surface area contributed by atoms with E-state index in [1.807, 2.05) is 24.3 Å². The SMILES string of the molecule is COC1CCN(c2ccc(NC(=O)c3ccc(Cl)s3)cc2)C1. The molecule has 1 atom stereocenters. The molecule has 116 valence electrons. The minimum atomic E-state index is -0.134. The third-order valence-electron chi connectivity index (χ3n) is 3.77. The molecule has 3 rings (SSSR count). The second-order valence-electron chi connectivity index (χ2n) is 5.20. The number of methoxy groups -OCH3 is 1. The molecule has 1 amide bonds. The standard InChI is InChI=1S/C16H17ClN2O2S/c1-21-13-8-9-19(10-13)12-4-2-11(3-5-12)18-16(20)14-6-7-15(17)22-14/h2-7,13H,8-10H2,1H3,(H,18,20). The van der Waals surface area contributed by atoms with Crippen LogP contribution >= 0.6 is 22.9 Å². The number of halogens is 1. The number of carbonyl (C=O) groups excluding carboxylic acids is 1. The molecule has 0 saturated carbocycles. The van der Waals surface area contributed by atoms with Crippen LogP contribution in [0.5, 0.6) is 0 Å². The van der Waals surface area contributed by atoms with Crippen molar-refractivity contribution in [2.24, 2.45) is 0 Å². The summed E-state index contributed by atoms with van der Waals surface area (Å²) in [6, 6.07) is 11.3. The van der Waals surface area contributed by atoms with Crippen molar-refractivity contribution in [2.75, 3.05) is 30.4 Å². The van der Waals surface area contributed by atoms with E-state index >= 15 is 0 Å². The van der Waals surface area contributed by atoms with E-state index in [1.165, 1.54) is 11.3 Å². The molecule has 1 unspecified atom stereocenters. The summed E-state index contributed by atoms with van der Waals surface area (Å²) in [5.74, 6) is -0.134. The molecular weight excluding hydrogens is 320 g/mol. The molecule has 1 aromatic carbocycles. The van der Waals surface area contributed by atoms with Crippen LogP contribution in [0.2, 0.25) is 4.34 Å². The minimum absolute atomic E-state index is 0.134. The number of thiophene rings is 1. The van der Waals surface area contributed by atoms with Gasteiger partial charge >= 0.3 is 0 Å². The second kappa shape index (κ2) is 6.69. The topological polar surface area (TPSA) is 41.6 Å². The zero-order chi connectivity index (χ0) is 15.5. The van der Waals surface area contributed by atoms with Crippen LogP contribution < -0.4 is 10.2 Å². The molecule has 2 heterocycles. The van der Waals surface area contributed by atoms with Gasteiger partial charge in [-0.25, -0.2) is 0 Å². The number of nitrogens with one attached hydrogen (secondary N) is 1. The van der Waals surface area contributed by atoms with Crippen LogP contribution in [0.4, 0.5) is 11.4 Å². The second-order valence-corrected chi connectivity index (χ2v) is 6.91. The number of nitrogens with zero attached hydrogens (tertiary/aromatic N) is 1. The Morgan fingerprint density at radius 3 is 2.68 bits per heavy atom. The Labute approximate surface area is 138 Å². The highest BCUT2D eigenvalue weighted by Gasteiger charge is 2.22. The zero-order valence-electron chi connectivity index (χ0n) is 12.2. The fraction of sp³-hybridized carbons (Fsp3) is 0.312. The Morgan fingerprint density at radius 1 is 1.32 bits per heavy atom. The number of ether oxygens (including phenoxy) is 1. The first-order chi connectivity index (χ1) is 10.7. The third-order valence-corrected chi connectivity index (χ3v) is 5.00. The summed E-state index contributed by atoms with van der Waals surface area (Å²) in [4.78, 5) is 15.0. The van der Waals surface area contributed by atoms with Gasteiger partial charge in [-0.2, -0.15) is 0 Å². The number of rotatable bonds is 4. The van der Waals surface area contributed by atoms with Gasteiger partial charge in [0.15, 0.2) is 0 Å². The van der Waals surface area contributed by atoms with E-state index in [1.54, 1.807) is 19.2 Å². The first kappa shape index (κ1) is 15.3. The quantitative estimate of drug-likeness (QED) is 0.921. The fourth-order valence-corrected chi connectivity index (χ4v) is 3.48. The molecule has 0 aliphatic carbocycles. The molecule has 1 fully saturated rings. The Hall–Kier alpha value is -1.56. The molecule has 0 radical (unpaired) electrons. The van der Waals surface area contributed by atoms with E-state index in [9.17, 15) is 4.79 Å². The lowest BCUT2D eigenvalue weighted by Gasteiger charge is -2.18. The van der Waals surface area contributed by atoms with Gasteiger partial charge in [0.05, 0.1) is 15.3 Å². The van der Waals surface area contributed by atoms with E-state index in [2.05, 4.69) is 10.2 Å². The van der Waals surface area contributed by atoms with Crippen molar-refractivity contribution in [3.05, 3.63) is 45.6 Å². The zero-order valence-corrected chi connectivity index (χ0v) is 13.8. The van der Waals surface area contributed by atoms with Gasteiger partial charge in [-0.3, -0.25) is 4.79 Å². The molecular formula is C16H17ClN2O2S. The van der Waals surface area contributed by atoms with Crippen molar-refractivity contribution < 1.29 is 9.53 Å². The van der Waals surface area contributed by atoms with Crippen LogP contribution in [0.15, 0.2) is 36.4 Å². The van der Waals surface area contributed by atoms with Crippen LogP contribution in [0.1, 0.15) is 16.1 Å². The van der Waals surface area contributed by atoms with Gasteiger partial charge in [-0.05, 0) is 42.8 Å². The molecule has 1 saturated heterocycles. The van der Waals surface area contributed by atoms with Crippen molar-refractivity contribution >= 4 is 40.2 Å². The summed E-state index contributed by atoms with van der Waals surface area (Å²) in [6.07, 6.45) is 1.36. The summed E-state index contributed by atoms with van der Waals surface area (Å²) in [6.45, 7) is 1.91. The number of hydrogen-bond donors (Lipinski definition) is 1. The Morgan fingerprint density at radius 2 is 2.09 bits per heavy atom. The van der Waals surface area contributed by atoms with Crippen LogP contribution in [0.3, 0.4) is 0 Å². The van der Waals surface area contributed by atoms with E-state index in [-0.39, 0.29) is 5.91 Å².